The highest BCUT2D eigenvalue weighted by Crippen LogP contribution is 2.23. The van der Waals surface area contributed by atoms with Gasteiger partial charge in [0.1, 0.15) is 18.1 Å². The second kappa shape index (κ2) is 17.7. The van der Waals surface area contributed by atoms with Crippen molar-refractivity contribution in [2.75, 3.05) is 13.1 Å². The zero-order chi connectivity index (χ0) is 35.4. The lowest BCUT2D eigenvalue weighted by atomic mass is 9.99. The predicted molar refractivity (Wildman–Crippen MR) is 169 cm³/mol. The van der Waals surface area contributed by atoms with E-state index in [4.69, 9.17) is 17.2 Å². The van der Waals surface area contributed by atoms with Crippen molar-refractivity contribution in [1.29, 1.82) is 0 Å². The summed E-state index contributed by atoms with van der Waals surface area (Å²) in [6.45, 7) is 5.23. The molecule has 18 heteroatoms. The quantitative estimate of drug-likeness (QED) is 0.0314. The molecule has 1 aliphatic rings. The topological polar surface area (TPSA) is 299 Å². The average molecular weight is 664 g/mol. The third kappa shape index (κ3) is 11.5. The van der Waals surface area contributed by atoms with Crippen molar-refractivity contribution in [3.05, 3.63) is 39.9 Å². The highest BCUT2D eigenvalue weighted by molar-refractivity contribution is 5.96. The number of nitrogens with one attached hydrogen (secondary N) is 3. The van der Waals surface area contributed by atoms with Gasteiger partial charge in [-0.1, -0.05) is 13.8 Å². The number of guanidine groups is 1. The monoisotopic (exact) mass is 663 g/mol. The summed E-state index contributed by atoms with van der Waals surface area (Å²) in [6, 6.07) is -1.33. The summed E-state index contributed by atoms with van der Waals surface area (Å²) in [6.07, 6.45) is -0.0576. The number of nitrogens with zero attached hydrogens (tertiary/aromatic N) is 3. The van der Waals surface area contributed by atoms with E-state index in [-0.39, 0.29) is 55.5 Å². The number of aliphatic imine (C=N–C) groups is 1. The molecule has 0 radical (unpaired) electrons. The number of aliphatic carboxylic acids is 1. The van der Waals surface area contributed by atoms with Gasteiger partial charge in [0.15, 0.2) is 12.0 Å². The summed E-state index contributed by atoms with van der Waals surface area (Å²) in [5.41, 5.74) is 16.6. The fourth-order valence-corrected chi connectivity index (χ4v) is 5.08. The molecule has 0 saturated carbocycles. The number of hydrogen-bond donors (Lipinski definition) is 8. The van der Waals surface area contributed by atoms with Crippen LogP contribution in [0.2, 0.25) is 0 Å². The molecule has 4 amide bonds. The van der Waals surface area contributed by atoms with Crippen molar-refractivity contribution in [2.24, 2.45) is 28.1 Å². The second-order valence-electron chi connectivity index (χ2n) is 11.8. The van der Waals surface area contributed by atoms with Gasteiger partial charge in [0, 0.05) is 25.2 Å². The normalized spacial score (nSPS) is 17.5. The summed E-state index contributed by atoms with van der Waals surface area (Å²) in [5, 5.41) is 37.9. The Morgan fingerprint density at radius 3 is 2.23 bits per heavy atom. The number of aliphatic hydroxyl groups excluding tert-OH is 1. The lowest BCUT2D eigenvalue weighted by molar-refractivity contribution is -0.384. The van der Waals surface area contributed by atoms with E-state index in [1.807, 2.05) is 13.8 Å². The van der Waals surface area contributed by atoms with E-state index in [0.717, 1.165) is 0 Å². The molecular formula is C29H45N9O9. The minimum atomic E-state index is -1.59. The van der Waals surface area contributed by atoms with Gasteiger partial charge in [-0.2, -0.15) is 0 Å². The molecule has 11 N–H and O–H groups in total. The Kier molecular flexibility index (Phi) is 14.5. The van der Waals surface area contributed by atoms with Crippen LogP contribution in [0, 0.1) is 16.0 Å². The zero-order valence-corrected chi connectivity index (χ0v) is 26.6. The molecule has 1 fully saturated rings. The zero-order valence-electron chi connectivity index (χ0n) is 26.6. The van der Waals surface area contributed by atoms with Gasteiger partial charge in [-0.3, -0.25) is 34.3 Å². The van der Waals surface area contributed by atoms with Gasteiger partial charge in [-0.25, -0.2) is 4.79 Å². The Labute approximate surface area is 271 Å². The molecule has 0 spiro atoms. The van der Waals surface area contributed by atoms with E-state index < -0.39 is 70.8 Å². The molecular weight excluding hydrogens is 618 g/mol. The number of rotatable bonds is 17. The number of nitro groups is 1. The smallest absolute Gasteiger partial charge is 0.328 e. The summed E-state index contributed by atoms with van der Waals surface area (Å²) >= 11 is 0. The van der Waals surface area contributed by atoms with Crippen LogP contribution in [-0.4, -0.2) is 99.0 Å². The maximum atomic E-state index is 13.8. The van der Waals surface area contributed by atoms with Crippen LogP contribution in [0.3, 0.4) is 0 Å². The van der Waals surface area contributed by atoms with Crippen molar-refractivity contribution < 1.29 is 39.1 Å². The number of carbonyl (C=O) groups excluding carboxylic acids is 4. The van der Waals surface area contributed by atoms with E-state index in [0.29, 0.717) is 12.8 Å². The first kappa shape index (κ1) is 38.3. The first-order valence-corrected chi connectivity index (χ1v) is 15.2. The number of carbonyl (C=O) groups is 5. The fourth-order valence-electron chi connectivity index (χ4n) is 5.08. The standard InChI is InChI=1S/C29H45N9O9/c1-15(2)14-20(27(43)37-13-5-7-21(37)25(41)35-22(16(3)39)28(44)45)34-26(42)23(17-8-10-18(11-9-17)38(46)47)36-24(40)19(30)6-4-12-33-29(31)32/h8-11,15-16,19-23,39H,4-7,12-14,30H2,1-3H3,(H,34,42)(H,35,41)(H,36,40)(H,44,45)(H4,31,32,33)/t16-,19+,20+,21+,22+,23+/m1/s1. The molecule has 1 saturated heterocycles. The highest BCUT2D eigenvalue weighted by Gasteiger charge is 2.40. The lowest BCUT2D eigenvalue weighted by Gasteiger charge is -2.31. The molecule has 18 nitrogen and oxygen atoms in total. The summed E-state index contributed by atoms with van der Waals surface area (Å²) in [7, 11) is 0. The second-order valence-corrected chi connectivity index (χ2v) is 11.8. The molecule has 47 heavy (non-hydrogen) atoms. The van der Waals surface area contributed by atoms with Gasteiger partial charge < -0.3 is 48.3 Å². The minimum Gasteiger partial charge on any atom is -0.480 e. The maximum Gasteiger partial charge on any atom is 0.328 e. The van der Waals surface area contributed by atoms with Crippen molar-refractivity contribution in [3.63, 3.8) is 0 Å². The van der Waals surface area contributed by atoms with Gasteiger partial charge in [0.05, 0.1) is 17.1 Å². The first-order chi connectivity index (χ1) is 22.0. The van der Waals surface area contributed by atoms with Crippen molar-refractivity contribution in [3.8, 4) is 0 Å². The van der Waals surface area contributed by atoms with Crippen LogP contribution in [-0.2, 0) is 24.0 Å². The summed E-state index contributed by atoms with van der Waals surface area (Å²) in [4.78, 5) is 80.9. The molecule has 0 bridgehead atoms. The molecule has 0 aromatic heterocycles. The van der Waals surface area contributed by atoms with Gasteiger partial charge in [-0.05, 0) is 62.6 Å². The SMILES string of the molecule is CC(C)C[C@H](NC(=O)[C@@H](NC(=O)[C@@H](N)CCCN=C(N)N)c1ccc([N+](=O)[O-])cc1)C(=O)N1CCC[C@H]1C(=O)N[C@H](C(=O)O)[C@@H](C)O. The van der Waals surface area contributed by atoms with Crippen LogP contribution >= 0.6 is 0 Å². The van der Waals surface area contributed by atoms with E-state index in [2.05, 4.69) is 20.9 Å². The average Bonchev–Trinajstić information content (AvgIpc) is 3.49. The molecule has 0 unspecified atom stereocenters. The predicted octanol–water partition coefficient (Wildman–Crippen LogP) is -1.39. The number of carboxylic acids is 1. The van der Waals surface area contributed by atoms with Crippen LogP contribution in [0.1, 0.15) is 64.5 Å². The molecule has 1 heterocycles. The van der Waals surface area contributed by atoms with Crippen LogP contribution in [0.4, 0.5) is 5.69 Å². The Morgan fingerprint density at radius 1 is 1.06 bits per heavy atom. The minimum absolute atomic E-state index is 0.114. The summed E-state index contributed by atoms with van der Waals surface area (Å²) in [5.74, 6) is -4.55. The van der Waals surface area contributed by atoms with E-state index in [1.54, 1.807) is 0 Å². The van der Waals surface area contributed by atoms with E-state index in [1.165, 1.54) is 36.1 Å². The van der Waals surface area contributed by atoms with E-state index in [9.17, 15) is 44.3 Å². The van der Waals surface area contributed by atoms with Crippen molar-refractivity contribution in [1.82, 2.24) is 20.9 Å². The maximum absolute atomic E-state index is 13.8. The van der Waals surface area contributed by atoms with Gasteiger partial charge in [-0.15, -0.1) is 0 Å². The van der Waals surface area contributed by atoms with Crippen LogP contribution < -0.4 is 33.2 Å². The van der Waals surface area contributed by atoms with Gasteiger partial charge >= 0.3 is 5.97 Å². The number of likely N-dealkylation sites (tertiary alicyclic amines) is 1. The lowest BCUT2D eigenvalue weighted by Crippen LogP contribution is -2.58. The molecule has 0 aliphatic carbocycles. The van der Waals surface area contributed by atoms with Crippen LogP contribution in [0.15, 0.2) is 29.3 Å². The largest absolute Gasteiger partial charge is 0.480 e. The number of hydrogen-bond acceptors (Lipinski definition) is 10. The summed E-state index contributed by atoms with van der Waals surface area (Å²) < 4.78 is 0. The van der Waals surface area contributed by atoms with Crippen molar-refractivity contribution in [2.45, 2.75) is 89.2 Å². The molecule has 1 aromatic carbocycles. The number of aliphatic hydroxyl groups is 1. The fraction of sp³-hybridized carbons (Fsp3) is 0.586. The molecule has 6 atom stereocenters. The highest BCUT2D eigenvalue weighted by atomic mass is 16.6. The van der Waals surface area contributed by atoms with Gasteiger partial charge in [0.25, 0.3) is 5.69 Å². The van der Waals surface area contributed by atoms with Gasteiger partial charge in [0.2, 0.25) is 23.6 Å². The number of benzene rings is 1. The molecule has 2 rings (SSSR count). The number of non-ortho nitro benzene ring substituents is 1. The molecule has 260 valence electrons. The Bertz CT molecular complexity index is 1320. The number of nitrogens with two attached hydrogens (primary N) is 3. The first-order valence-electron chi connectivity index (χ1n) is 15.2. The van der Waals surface area contributed by atoms with Crippen LogP contribution in [0.5, 0.6) is 0 Å². The van der Waals surface area contributed by atoms with Crippen molar-refractivity contribution >= 4 is 41.2 Å². The Morgan fingerprint density at radius 2 is 1.70 bits per heavy atom. The third-order valence-electron chi connectivity index (χ3n) is 7.50. The number of amides is 4. The molecule has 1 aliphatic heterocycles. The number of nitro benzene ring substituents is 1. The third-order valence-corrected chi connectivity index (χ3v) is 7.50. The Balaban J connectivity index is 2.32. The van der Waals surface area contributed by atoms with Crippen LogP contribution in [0.25, 0.3) is 0 Å². The Hall–Kier alpha value is -4.84. The van der Waals surface area contributed by atoms with E-state index >= 15 is 0 Å². The number of carboxylic acid groups (broad SMARTS) is 1. The molecule has 1 aromatic rings.